The number of carbonyl (C=O) groups excluding carboxylic acids is 1. The number of hydrogen-bond acceptors (Lipinski definition) is 3. The minimum absolute atomic E-state index is 0.178. The molecule has 0 saturated carbocycles. The Bertz CT molecular complexity index is 640. The molecule has 6 heteroatoms. The van der Waals surface area contributed by atoms with Crippen molar-refractivity contribution in [3.8, 4) is 0 Å². The lowest BCUT2D eigenvalue weighted by molar-refractivity contribution is -0.124. The van der Waals surface area contributed by atoms with Gasteiger partial charge in [-0.3, -0.25) is 4.79 Å². The summed E-state index contributed by atoms with van der Waals surface area (Å²) in [5.41, 5.74) is 0.410. The SMILES string of the molecule is C[C@@H]1NCC(=O)N[C@@]1(c1ccc(F)cc1)c1ccc(F)nc1. The van der Waals surface area contributed by atoms with Gasteiger partial charge in [0, 0.05) is 17.8 Å². The highest BCUT2D eigenvalue weighted by molar-refractivity contribution is 5.81. The Balaban J connectivity index is 2.18. The number of halogens is 2. The van der Waals surface area contributed by atoms with Crippen molar-refractivity contribution in [2.24, 2.45) is 0 Å². The van der Waals surface area contributed by atoms with E-state index in [9.17, 15) is 13.6 Å². The lowest BCUT2D eigenvalue weighted by atomic mass is 9.76. The van der Waals surface area contributed by atoms with Gasteiger partial charge in [-0.1, -0.05) is 18.2 Å². The van der Waals surface area contributed by atoms with Gasteiger partial charge in [0.15, 0.2) is 0 Å². The Labute approximate surface area is 126 Å². The number of pyridine rings is 1. The minimum Gasteiger partial charge on any atom is -0.340 e. The third-order valence-electron chi connectivity index (χ3n) is 4.04. The quantitative estimate of drug-likeness (QED) is 0.831. The number of nitrogens with zero attached hydrogens (tertiary/aromatic N) is 1. The maximum atomic E-state index is 13.2. The van der Waals surface area contributed by atoms with Crippen molar-refractivity contribution in [2.45, 2.75) is 18.5 Å². The van der Waals surface area contributed by atoms with Crippen molar-refractivity contribution in [1.29, 1.82) is 0 Å². The van der Waals surface area contributed by atoms with E-state index in [2.05, 4.69) is 15.6 Å². The van der Waals surface area contributed by atoms with Crippen LogP contribution >= 0.6 is 0 Å². The van der Waals surface area contributed by atoms with Crippen LogP contribution in [0.3, 0.4) is 0 Å². The van der Waals surface area contributed by atoms with E-state index in [1.807, 2.05) is 6.92 Å². The maximum Gasteiger partial charge on any atom is 0.234 e. The fraction of sp³-hybridized carbons (Fsp3) is 0.250. The highest BCUT2D eigenvalue weighted by Crippen LogP contribution is 2.34. The van der Waals surface area contributed by atoms with Crippen LogP contribution in [0.2, 0.25) is 0 Å². The smallest absolute Gasteiger partial charge is 0.234 e. The van der Waals surface area contributed by atoms with Crippen molar-refractivity contribution < 1.29 is 13.6 Å². The van der Waals surface area contributed by atoms with Crippen LogP contribution < -0.4 is 10.6 Å². The molecule has 0 spiro atoms. The van der Waals surface area contributed by atoms with E-state index in [1.165, 1.54) is 24.4 Å². The molecule has 2 aromatic rings. The van der Waals surface area contributed by atoms with Crippen LogP contribution in [0, 0.1) is 11.8 Å². The van der Waals surface area contributed by atoms with Crippen LogP contribution in [0.5, 0.6) is 0 Å². The summed E-state index contributed by atoms with van der Waals surface area (Å²) in [6.45, 7) is 2.10. The van der Waals surface area contributed by atoms with Crippen LogP contribution in [-0.4, -0.2) is 23.5 Å². The summed E-state index contributed by atoms with van der Waals surface area (Å²) < 4.78 is 26.4. The predicted octanol–water partition coefficient (Wildman–Crippen LogP) is 1.71. The summed E-state index contributed by atoms with van der Waals surface area (Å²) in [5.74, 6) is -1.15. The molecule has 1 aromatic carbocycles. The van der Waals surface area contributed by atoms with Gasteiger partial charge >= 0.3 is 0 Å². The number of carbonyl (C=O) groups is 1. The second kappa shape index (κ2) is 5.46. The van der Waals surface area contributed by atoms with Crippen molar-refractivity contribution >= 4 is 5.91 Å². The number of benzene rings is 1. The number of rotatable bonds is 2. The molecule has 4 nitrogen and oxygen atoms in total. The highest BCUT2D eigenvalue weighted by Gasteiger charge is 2.44. The Kier molecular flexibility index (Phi) is 3.62. The third kappa shape index (κ3) is 2.35. The number of amides is 1. The molecule has 2 heterocycles. The van der Waals surface area contributed by atoms with Gasteiger partial charge in [0.25, 0.3) is 0 Å². The molecule has 1 fully saturated rings. The Hall–Kier alpha value is -2.34. The first kappa shape index (κ1) is 14.6. The average molecular weight is 303 g/mol. The van der Waals surface area contributed by atoms with Gasteiger partial charge in [0.2, 0.25) is 11.9 Å². The Morgan fingerprint density at radius 3 is 2.45 bits per heavy atom. The molecule has 0 radical (unpaired) electrons. The molecule has 2 N–H and O–H groups in total. The standard InChI is InChI=1S/C16H15F2N3O/c1-10-16(21-15(22)9-19-10,11-2-5-13(17)6-3-11)12-4-7-14(18)20-8-12/h2-8,10,19H,9H2,1H3,(H,21,22)/t10-,16-/m0/s1. The van der Waals surface area contributed by atoms with Crippen LogP contribution in [-0.2, 0) is 10.3 Å². The number of piperazine rings is 1. The molecule has 1 aliphatic rings. The van der Waals surface area contributed by atoms with E-state index in [0.717, 1.165) is 0 Å². The summed E-state index contributed by atoms with van der Waals surface area (Å²) in [7, 11) is 0. The molecular formula is C16H15F2N3O. The van der Waals surface area contributed by atoms with Crippen molar-refractivity contribution in [3.05, 3.63) is 65.5 Å². The van der Waals surface area contributed by atoms with Crippen LogP contribution in [0.25, 0.3) is 0 Å². The molecule has 0 bridgehead atoms. The number of hydrogen-bond donors (Lipinski definition) is 2. The van der Waals surface area contributed by atoms with Crippen molar-refractivity contribution in [2.75, 3.05) is 6.54 Å². The predicted molar refractivity (Wildman–Crippen MR) is 77.0 cm³/mol. The second-order valence-electron chi connectivity index (χ2n) is 5.34. The van der Waals surface area contributed by atoms with E-state index >= 15 is 0 Å². The summed E-state index contributed by atoms with van der Waals surface area (Å²) in [6.07, 6.45) is 1.39. The maximum absolute atomic E-state index is 13.2. The Morgan fingerprint density at radius 1 is 1.14 bits per heavy atom. The van der Waals surface area contributed by atoms with Gasteiger partial charge in [0.1, 0.15) is 11.4 Å². The molecule has 0 aliphatic carbocycles. The first-order valence-corrected chi connectivity index (χ1v) is 6.95. The monoisotopic (exact) mass is 303 g/mol. The van der Waals surface area contributed by atoms with Crippen LogP contribution in [0.4, 0.5) is 8.78 Å². The topological polar surface area (TPSA) is 54.0 Å². The van der Waals surface area contributed by atoms with E-state index in [4.69, 9.17) is 0 Å². The summed E-state index contributed by atoms with van der Waals surface area (Å²) >= 11 is 0. The van der Waals surface area contributed by atoms with E-state index in [0.29, 0.717) is 11.1 Å². The largest absolute Gasteiger partial charge is 0.340 e. The van der Waals surface area contributed by atoms with E-state index in [1.54, 1.807) is 18.2 Å². The van der Waals surface area contributed by atoms with Crippen molar-refractivity contribution in [3.63, 3.8) is 0 Å². The lowest BCUT2D eigenvalue weighted by Crippen LogP contribution is -2.65. The van der Waals surface area contributed by atoms with E-state index in [-0.39, 0.29) is 24.3 Å². The van der Waals surface area contributed by atoms with Gasteiger partial charge in [0.05, 0.1) is 6.54 Å². The fourth-order valence-electron chi connectivity index (χ4n) is 2.90. The zero-order valence-electron chi connectivity index (χ0n) is 11.9. The first-order chi connectivity index (χ1) is 10.5. The van der Waals surface area contributed by atoms with Gasteiger partial charge in [-0.2, -0.15) is 4.39 Å². The molecule has 3 rings (SSSR count). The Morgan fingerprint density at radius 2 is 1.82 bits per heavy atom. The second-order valence-corrected chi connectivity index (χ2v) is 5.34. The molecule has 1 aliphatic heterocycles. The molecular weight excluding hydrogens is 288 g/mol. The van der Waals surface area contributed by atoms with Gasteiger partial charge in [-0.15, -0.1) is 0 Å². The zero-order valence-corrected chi connectivity index (χ0v) is 11.9. The third-order valence-corrected chi connectivity index (χ3v) is 4.04. The fourth-order valence-corrected chi connectivity index (χ4v) is 2.90. The normalized spacial score (nSPS) is 24.9. The molecule has 0 unspecified atom stereocenters. The molecule has 1 saturated heterocycles. The minimum atomic E-state index is -0.927. The van der Waals surface area contributed by atoms with Crippen molar-refractivity contribution in [1.82, 2.24) is 15.6 Å². The molecule has 22 heavy (non-hydrogen) atoms. The van der Waals surface area contributed by atoms with Gasteiger partial charge in [-0.25, -0.2) is 9.37 Å². The highest BCUT2D eigenvalue weighted by atomic mass is 19.1. The zero-order chi connectivity index (χ0) is 15.7. The summed E-state index contributed by atoms with van der Waals surface area (Å²) in [5, 5.41) is 6.09. The molecule has 2 atom stereocenters. The average Bonchev–Trinajstić information content (AvgIpc) is 2.51. The van der Waals surface area contributed by atoms with Gasteiger partial charge < -0.3 is 10.6 Å². The van der Waals surface area contributed by atoms with E-state index < -0.39 is 11.5 Å². The molecule has 1 amide bonds. The van der Waals surface area contributed by atoms with Crippen LogP contribution in [0.15, 0.2) is 42.6 Å². The van der Waals surface area contributed by atoms with Gasteiger partial charge in [-0.05, 0) is 30.7 Å². The first-order valence-electron chi connectivity index (χ1n) is 6.95. The van der Waals surface area contributed by atoms with Crippen LogP contribution in [0.1, 0.15) is 18.1 Å². The number of nitrogens with one attached hydrogen (secondary N) is 2. The number of aromatic nitrogens is 1. The molecule has 1 aromatic heterocycles. The lowest BCUT2D eigenvalue weighted by Gasteiger charge is -2.44. The summed E-state index contributed by atoms with van der Waals surface area (Å²) in [4.78, 5) is 15.6. The summed E-state index contributed by atoms with van der Waals surface area (Å²) in [6, 6.07) is 8.54. The molecule has 114 valence electrons.